The number of oxazole rings is 1. The Hall–Kier alpha value is -2.12. The predicted octanol–water partition coefficient (Wildman–Crippen LogP) is 3.24. The van der Waals surface area contributed by atoms with E-state index >= 15 is 0 Å². The molecule has 3 saturated heterocycles. The molecule has 2 aromatic rings. The molecule has 0 saturated carbocycles. The molecule has 3 fully saturated rings. The Balaban J connectivity index is 1.39. The first kappa shape index (κ1) is 18.3. The molecule has 142 valence electrons. The van der Waals surface area contributed by atoms with Gasteiger partial charge in [-0.1, -0.05) is 0 Å². The lowest BCUT2D eigenvalue weighted by molar-refractivity contribution is 0.0217. The molecule has 1 amide bonds. The van der Waals surface area contributed by atoms with E-state index in [-0.39, 0.29) is 23.5 Å². The zero-order valence-corrected chi connectivity index (χ0v) is 16.3. The fourth-order valence-electron chi connectivity index (χ4n) is 4.02. The van der Waals surface area contributed by atoms with Gasteiger partial charge in [-0.3, -0.25) is 14.5 Å². The first-order valence-corrected chi connectivity index (χ1v) is 10.1. The SMILES string of the molecule is CC(=O)c1cnc(Sc2ccc(C(=O)N[C@@H]3C4CCN(CC4)[C@H]3C)cc2)o1. The van der Waals surface area contributed by atoms with Crippen molar-refractivity contribution >= 4 is 23.5 Å². The van der Waals surface area contributed by atoms with Gasteiger partial charge in [-0.15, -0.1) is 0 Å². The lowest BCUT2D eigenvalue weighted by atomic mass is 9.79. The Morgan fingerprint density at radius 3 is 2.52 bits per heavy atom. The smallest absolute Gasteiger partial charge is 0.261 e. The first-order valence-electron chi connectivity index (χ1n) is 9.31. The van der Waals surface area contributed by atoms with Crippen LogP contribution in [0.2, 0.25) is 0 Å². The standard InChI is InChI=1S/C20H23N3O3S/c1-12-18(14-7-9-23(12)10-8-14)22-19(25)15-3-5-16(6-4-15)27-20-21-11-17(26-20)13(2)24/h3-6,11-12,14,18H,7-10H2,1-2H3,(H,22,25)/t12-,18-/m0/s1. The third-order valence-corrected chi connectivity index (χ3v) is 6.50. The zero-order chi connectivity index (χ0) is 19.0. The molecule has 1 aromatic carbocycles. The van der Waals surface area contributed by atoms with Crippen LogP contribution in [0.1, 0.15) is 47.6 Å². The highest BCUT2D eigenvalue weighted by Crippen LogP contribution is 2.32. The minimum absolute atomic E-state index is 0.0212. The zero-order valence-electron chi connectivity index (χ0n) is 15.5. The van der Waals surface area contributed by atoms with Crippen molar-refractivity contribution < 1.29 is 14.0 Å². The number of fused-ring (bicyclic) bond motifs is 3. The summed E-state index contributed by atoms with van der Waals surface area (Å²) in [7, 11) is 0. The molecule has 7 heteroatoms. The van der Waals surface area contributed by atoms with Crippen molar-refractivity contribution in [3.8, 4) is 0 Å². The van der Waals surface area contributed by atoms with Crippen LogP contribution in [0, 0.1) is 5.92 Å². The average molecular weight is 385 g/mol. The van der Waals surface area contributed by atoms with Crippen molar-refractivity contribution in [2.24, 2.45) is 5.92 Å². The van der Waals surface area contributed by atoms with Gasteiger partial charge in [-0.05, 0) is 74.8 Å². The maximum absolute atomic E-state index is 12.7. The van der Waals surface area contributed by atoms with Gasteiger partial charge in [-0.25, -0.2) is 4.98 Å². The molecule has 0 unspecified atom stereocenters. The van der Waals surface area contributed by atoms with Crippen molar-refractivity contribution in [3.63, 3.8) is 0 Å². The van der Waals surface area contributed by atoms with Crippen LogP contribution >= 0.6 is 11.8 Å². The summed E-state index contributed by atoms with van der Waals surface area (Å²) in [5.74, 6) is 0.667. The van der Waals surface area contributed by atoms with Gasteiger partial charge in [0.25, 0.3) is 11.1 Å². The highest BCUT2D eigenvalue weighted by atomic mass is 32.2. The maximum Gasteiger partial charge on any atom is 0.261 e. The van der Waals surface area contributed by atoms with Crippen molar-refractivity contribution in [2.75, 3.05) is 13.1 Å². The molecule has 5 rings (SSSR count). The number of amides is 1. The Morgan fingerprint density at radius 1 is 1.22 bits per heavy atom. The van der Waals surface area contributed by atoms with E-state index in [1.807, 2.05) is 24.3 Å². The average Bonchev–Trinajstić information content (AvgIpc) is 3.14. The molecule has 3 aliphatic heterocycles. The largest absolute Gasteiger partial charge is 0.428 e. The number of benzene rings is 1. The number of aromatic nitrogens is 1. The number of rotatable bonds is 5. The third kappa shape index (κ3) is 3.80. The van der Waals surface area contributed by atoms with Crippen molar-refractivity contribution in [1.82, 2.24) is 15.2 Å². The summed E-state index contributed by atoms with van der Waals surface area (Å²) in [4.78, 5) is 31.4. The molecule has 2 bridgehead atoms. The summed E-state index contributed by atoms with van der Waals surface area (Å²) in [5.41, 5.74) is 0.653. The molecular weight excluding hydrogens is 362 g/mol. The van der Waals surface area contributed by atoms with Crippen molar-refractivity contribution in [3.05, 3.63) is 41.8 Å². The van der Waals surface area contributed by atoms with E-state index in [0.717, 1.165) is 18.0 Å². The van der Waals surface area contributed by atoms with E-state index in [1.54, 1.807) is 0 Å². The van der Waals surface area contributed by atoms with Crippen molar-refractivity contribution in [2.45, 2.75) is 48.9 Å². The van der Waals surface area contributed by atoms with Crippen LogP contribution in [-0.2, 0) is 0 Å². The highest BCUT2D eigenvalue weighted by Gasteiger charge is 2.40. The quantitative estimate of drug-likeness (QED) is 0.797. The molecule has 2 atom stereocenters. The minimum Gasteiger partial charge on any atom is -0.428 e. The second kappa shape index (κ2) is 7.48. The molecule has 1 aromatic heterocycles. The first-order chi connectivity index (χ1) is 13.0. The Bertz CT molecular complexity index is 838. The number of nitrogens with one attached hydrogen (secondary N) is 1. The number of nitrogens with zero attached hydrogens (tertiary/aromatic N) is 2. The van der Waals surface area contributed by atoms with Gasteiger partial charge in [-0.2, -0.15) is 0 Å². The van der Waals surface area contributed by atoms with Gasteiger partial charge in [0.15, 0.2) is 11.5 Å². The van der Waals surface area contributed by atoms with E-state index in [0.29, 0.717) is 22.7 Å². The topological polar surface area (TPSA) is 75.4 Å². The van der Waals surface area contributed by atoms with E-state index in [1.165, 1.54) is 37.7 Å². The molecule has 27 heavy (non-hydrogen) atoms. The number of hydrogen-bond donors (Lipinski definition) is 1. The van der Waals surface area contributed by atoms with Crippen LogP contribution in [0.25, 0.3) is 0 Å². The summed E-state index contributed by atoms with van der Waals surface area (Å²) < 4.78 is 5.39. The summed E-state index contributed by atoms with van der Waals surface area (Å²) in [6.07, 6.45) is 3.77. The fourth-order valence-corrected chi connectivity index (χ4v) is 4.73. The highest BCUT2D eigenvalue weighted by molar-refractivity contribution is 7.99. The van der Waals surface area contributed by atoms with E-state index in [2.05, 4.69) is 22.1 Å². The van der Waals surface area contributed by atoms with Crippen LogP contribution in [-0.4, -0.2) is 46.7 Å². The van der Waals surface area contributed by atoms with Gasteiger partial charge in [0.1, 0.15) is 0 Å². The predicted molar refractivity (Wildman–Crippen MR) is 102 cm³/mol. The normalized spacial score (nSPS) is 26.7. The molecule has 1 N–H and O–H groups in total. The van der Waals surface area contributed by atoms with Gasteiger partial charge in [0.05, 0.1) is 6.20 Å². The molecular formula is C20H23N3O3S. The fraction of sp³-hybridized carbons (Fsp3) is 0.450. The van der Waals surface area contributed by atoms with Gasteiger partial charge in [0, 0.05) is 29.5 Å². The summed E-state index contributed by atoms with van der Waals surface area (Å²) >= 11 is 1.32. The number of carbonyl (C=O) groups is 2. The Kier molecular flexibility index (Phi) is 5.06. The molecule has 4 heterocycles. The van der Waals surface area contributed by atoms with Crippen LogP contribution < -0.4 is 5.32 Å². The summed E-state index contributed by atoms with van der Waals surface area (Å²) in [6.45, 7) is 5.95. The summed E-state index contributed by atoms with van der Waals surface area (Å²) in [5, 5.41) is 3.66. The molecule has 0 aliphatic carbocycles. The molecule has 3 aliphatic rings. The second-order valence-electron chi connectivity index (χ2n) is 7.29. The van der Waals surface area contributed by atoms with Crippen LogP contribution in [0.15, 0.2) is 45.0 Å². The number of Topliss-reactive ketones (excluding diaryl/α,β-unsaturated/α-hetero) is 1. The number of carbonyl (C=O) groups excluding carboxylic acids is 2. The number of hydrogen-bond acceptors (Lipinski definition) is 6. The summed E-state index contributed by atoms with van der Waals surface area (Å²) in [6, 6.07) is 8.01. The van der Waals surface area contributed by atoms with E-state index in [4.69, 9.17) is 4.42 Å². The molecule has 0 radical (unpaired) electrons. The maximum atomic E-state index is 12.7. The number of piperidine rings is 3. The van der Waals surface area contributed by atoms with Gasteiger partial charge in [0.2, 0.25) is 0 Å². The van der Waals surface area contributed by atoms with Crippen LogP contribution in [0.4, 0.5) is 0 Å². The van der Waals surface area contributed by atoms with E-state index in [9.17, 15) is 9.59 Å². The van der Waals surface area contributed by atoms with Crippen molar-refractivity contribution in [1.29, 1.82) is 0 Å². The Labute approximate surface area is 162 Å². The van der Waals surface area contributed by atoms with E-state index < -0.39 is 0 Å². The second-order valence-corrected chi connectivity index (χ2v) is 8.31. The molecule has 0 spiro atoms. The third-order valence-electron chi connectivity index (χ3n) is 5.63. The minimum atomic E-state index is -0.150. The monoisotopic (exact) mass is 385 g/mol. The molecule has 6 nitrogen and oxygen atoms in total. The van der Waals surface area contributed by atoms with Crippen LogP contribution in [0.5, 0.6) is 0 Å². The lowest BCUT2D eigenvalue weighted by Gasteiger charge is -2.49. The van der Waals surface area contributed by atoms with Gasteiger partial charge >= 0.3 is 0 Å². The lowest BCUT2D eigenvalue weighted by Crippen LogP contribution is -2.62. The number of ketones is 1. The van der Waals surface area contributed by atoms with Gasteiger partial charge < -0.3 is 9.73 Å². The van der Waals surface area contributed by atoms with Crippen LogP contribution in [0.3, 0.4) is 0 Å². The Morgan fingerprint density at radius 2 is 1.93 bits per heavy atom.